The highest BCUT2D eigenvalue weighted by Crippen LogP contribution is 2.48. The van der Waals surface area contributed by atoms with Gasteiger partial charge in [0.2, 0.25) is 0 Å². The maximum atomic E-state index is 5.24. The predicted molar refractivity (Wildman–Crippen MR) is 255 cm³/mol. The first kappa shape index (κ1) is 37.1. The van der Waals surface area contributed by atoms with Crippen LogP contribution in [0.15, 0.2) is 206 Å². The smallest absolute Gasteiger partial charge is 0.164 e. The molecule has 292 valence electrons. The zero-order valence-corrected chi connectivity index (χ0v) is 34.7. The fraction of sp³-hybridized carbons (Fsp3) is 0.0182. The van der Waals surface area contributed by atoms with Crippen LogP contribution in [0.2, 0.25) is 0 Å². The lowest BCUT2D eigenvalue weighted by molar-refractivity contribution is 1.07. The van der Waals surface area contributed by atoms with Gasteiger partial charge in [-0.1, -0.05) is 188 Å². The number of rotatable bonds is 8. The van der Waals surface area contributed by atoms with E-state index in [0.29, 0.717) is 34.9 Å². The lowest BCUT2D eigenvalue weighted by Crippen LogP contribution is -2.01. The molecule has 0 spiro atoms. The van der Waals surface area contributed by atoms with Gasteiger partial charge in [-0.05, 0) is 57.9 Å². The average Bonchev–Trinajstić information content (AvgIpc) is 3.65. The number of aryl methyl sites for hydroxylation is 1. The number of hydrogen-bond donors (Lipinski definition) is 0. The molecule has 3 aromatic heterocycles. The van der Waals surface area contributed by atoms with Gasteiger partial charge in [0.25, 0.3) is 0 Å². The molecule has 7 heteroatoms. The number of nitrogens with zero attached hydrogens (tertiary/aromatic N) is 6. The van der Waals surface area contributed by atoms with Crippen LogP contribution in [0.4, 0.5) is 0 Å². The summed E-state index contributed by atoms with van der Waals surface area (Å²) in [6, 6.07) is 71.2. The van der Waals surface area contributed by atoms with Gasteiger partial charge in [-0.25, -0.2) is 29.9 Å². The summed E-state index contributed by atoms with van der Waals surface area (Å²) in [5.74, 6) is 3.69. The van der Waals surface area contributed by atoms with Crippen LogP contribution >= 0.6 is 7.53 Å². The van der Waals surface area contributed by atoms with Crippen LogP contribution in [0.5, 0.6) is 0 Å². The first-order chi connectivity index (χ1) is 30.6. The van der Waals surface area contributed by atoms with E-state index in [4.69, 9.17) is 29.9 Å². The van der Waals surface area contributed by atoms with Crippen LogP contribution in [-0.2, 0) is 6.66 Å². The predicted octanol–water partition coefficient (Wildman–Crippen LogP) is 14.2. The summed E-state index contributed by atoms with van der Waals surface area (Å²) in [7, 11) is -0.499. The molecule has 8 aromatic carbocycles. The van der Waals surface area contributed by atoms with Gasteiger partial charge < -0.3 is 0 Å². The van der Waals surface area contributed by atoms with Gasteiger partial charge in [0, 0.05) is 43.6 Å². The van der Waals surface area contributed by atoms with Crippen LogP contribution in [0, 0.1) is 0 Å². The van der Waals surface area contributed by atoms with Crippen molar-refractivity contribution in [2.45, 2.75) is 0 Å². The third-order valence-corrected chi connectivity index (χ3v) is 13.5. The minimum absolute atomic E-state index is 0.499. The lowest BCUT2D eigenvalue weighted by atomic mass is 9.93. The quantitative estimate of drug-likeness (QED) is 0.152. The van der Waals surface area contributed by atoms with Gasteiger partial charge in [-0.15, -0.1) is 7.53 Å². The van der Waals surface area contributed by atoms with E-state index >= 15 is 0 Å². The fourth-order valence-electron chi connectivity index (χ4n) is 8.19. The molecule has 0 aliphatic rings. The molecule has 0 fully saturated rings. The lowest BCUT2D eigenvalue weighted by Gasteiger charge is -2.15. The van der Waals surface area contributed by atoms with Crippen molar-refractivity contribution in [2.24, 2.45) is 6.66 Å². The van der Waals surface area contributed by atoms with E-state index < -0.39 is 7.53 Å². The highest BCUT2D eigenvalue weighted by molar-refractivity contribution is 7.59. The van der Waals surface area contributed by atoms with Crippen LogP contribution in [0.3, 0.4) is 0 Å². The van der Waals surface area contributed by atoms with Gasteiger partial charge in [0.05, 0.1) is 0 Å². The molecule has 0 aliphatic heterocycles. The zero-order valence-electron chi connectivity index (χ0n) is 33.8. The second-order valence-electron chi connectivity index (χ2n) is 15.2. The highest BCUT2D eigenvalue weighted by Gasteiger charge is 2.19. The van der Waals surface area contributed by atoms with Gasteiger partial charge in [0.1, 0.15) is 0 Å². The van der Waals surface area contributed by atoms with E-state index in [9.17, 15) is 0 Å². The monoisotopic (exact) mass is 812 g/mol. The van der Waals surface area contributed by atoms with Gasteiger partial charge >= 0.3 is 0 Å². The number of benzene rings is 8. The number of aromatic nitrogens is 6. The molecule has 1 atom stereocenters. The maximum absolute atomic E-state index is 5.24. The summed E-state index contributed by atoms with van der Waals surface area (Å²) in [4.78, 5) is 30.5. The minimum Gasteiger partial charge on any atom is -0.208 e. The van der Waals surface area contributed by atoms with Crippen LogP contribution in [0.25, 0.3) is 112 Å². The molecule has 0 saturated heterocycles. The Morgan fingerprint density at radius 1 is 0.258 bits per heavy atom. The average molecular weight is 813 g/mol. The van der Waals surface area contributed by atoms with Crippen molar-refractivity contribution in [3.05, 3.63) is 206 Å². The molecule has 0 radical (unpaired) electrons. The van der Waals surface area contributed by atoms with E-state index in [0.717, 1.165) is 55.6 Å². The first-order valence-corrected chi connectivity index (χ1v) is 22.4. The molecule has 3 heterocycles. The van der Waals surface area contributed by atoms with Gasteiger partial charge in [-0.2, -0.15) is 0 Å². The summed E-state index contributed by atoms with van der Waals surface area (Å²) < 4.78 is 0. The van der Waals surface area contributed by atoms with E-state index in [1.807, 2.05) is 121 Å². The summed E-state index contributed by atoms with van der Waals surface area (Å²) in [5, 5.41) is 5.46. The third kappa shape index (κ3) is 7.02. The van der Waals surface area contributed by atoms with Gasteiger partial charge in [-0.3, -0.25) is 0 Å². The highest BCUT2D eigenvalue weighted by atomic mass is 31.1. The molecule has 11 rings (SSSR count). The molecule has 62 heavy (non-hydrogen) atoms. The second-order valence-corrected chi connectivity index (χ2v) is 17.3. The van der Waals surface area contributed by atoms with E-state index in [1.54, 1.807) is 0 Å². The Bertz CT molecular complexity index is 3290. The molecule has 0 saturated carbocycles. The number of fused-ring (bicyclic) bond motifs is 3. The van der Waals surface area contributed by atoms with Crippen molar-refractivity contribution in [3.8, 4) is 90.6 Å². The Hall–Kier alpha value is -7.92. The summed E-state index contributed by atoms with van der Waals surface area (Å²) in [5.41, 5.74) is 9.71. The molecule has 0 aliphatic carbocycles. The van der Waals surface area contributed by atoms with Crippen molar-refractivity contribution in [1.82, 2.24) is 29.9 Å². The SMILES string of the molecule is Cp1c2ccccc2c2ccc(-c3ccc(-c4cccc(-c5nc(-c6ccccc6)nc(-c6ccccc6)n5)c4)cc3-c3nc(-c4ccccc4)nc(-c4ccccc4)n3)cc21. The topological polar surface area (TPSA) is 77.3 Å². The molecule has 0 N–H and O–H groups in total. The molecule has 6 nitrogen and oxygen atoms in total. The van der Waals surface area contributed by atoms with Crippen LogP contribution in [-0.4, -0.2) is 29.9 Å². The first-order valence-electron chi connectivity index (χ1n) is 20.6. The van der Waals surface area contributed by atoms with E-state index in [2.05, 4.69) is 91.6 Å². The normalized spacial score (nSPS) is 11.6. The summed E-state index contributed by atoms with van der Waals surface area (Å²) in [6.07, 6.45) is 0. The zero-order chi connectivity index (χ0) is 41.4. The minimum atomic E-state index is -0.499. The molecule has 0 amide bonds. The second kappa shape index (κ2) is 15.9. The van der Waals surface area contributed by atoms with E-state index in [-0.39, 0.29) is 0 Å². The molecule has 11 aromatic rings. The van der Waals surface area contributed by atoms with Crippen molar-refractivity contribution < 1.29 is 0 Å². The van der Waals surface area contributed by atoms with Crippen LogP contribution < -0.4 is 0 Å². The Kier molecular flexibility index (Phi) is 9.53. The largest absolute Gasteiger partial charge is 0.208 e. The Morgan fingerprint density at radius 3 is 1.21 bits per heavy atom. The molecule has 1 unspecified atom stereocenters. The van der Waals surface area contributed by atoms with E-state index in [1.165, 1.54) is 21.0 Å². The molecular weight excluding hydrogens is 776 g/mol. The Labute approximate surface area is 360 Å². The maximum Gasteiger partial charge on any atom is 0.164 e. The Balaban J connectivity index is 1.10. The fourth-order valence-corrected chi connectivity index (χ4v) is 10.2. The van der Waals surface area contributed by atoms with Crippen molar-refractivity contribution in [1.29, 1.82) is 0 Å². The van der Waals surface area contributed by atoms with Gasteiger partial charge in [0.15, 0.2) is 34.9 Å². The summed E-state index contributed by atoms with van der Waals surface area (Å²) in [6.45, 7) is 2.36. The summed E-state index contributed by atoms with van der Waals surface area (Å²) >= 11 is 0. The third-order valence-electron chi connectivity index (χ3n) is 11.3. The standard InChI is InChI=1S/C55H37N6P/c1-62-48-28-15-14-27-45(48)46-32-30-42(35-49(46)62)44-31-29-41(34-47(44)55-60-52(38-21-10-4-11-22-38)57-53(61-55)39-23-12-5-13-24-39)40-25-16-26-43(33-40)54-58-50(36-17-6-2-7-18-36)56-51(59-54)37-19-8-3-9-20-37/h2-35H,1H3. The Morgan fingerprint density at radius 2 is 0.661 bits per heavy atom. The number of hydrogen-bond acceptors (Lipinski definition) is 6. The van der Waals surface area contributed by atoms with Crippen molar-refractivity contribution in [2.75, 3.05) is 0 Å². The van der Waals surface area contributed by atoms with Crippen molar-refractivity contribution in [3.63, 3.8) is 0 Å². The molecule has 0 bridgehead atoms. The van der Waals surface area contributed by atoms with Crippen LogP contribution in [0.1, 0.15) is 0 Å². The van der Waals surface area contributed by atoms with Crippen molar-refractivity contribution >= 4 is 28.5 Å². The molecular formula is C55H37N6P.